The van der Waals surface area contributed by atoms with Gasteiger partial charge in [0.1, 0.15) is 0 Å². The van der Waals surface area contributed by atoms with Gasteiger partial charge in [0, 0.05) is 31.6 Å². The van der Waals surface area contributed by atoms with Gasteiger partial charge in [-0.25, -0.2) is 0 Å². The average Bonchev–Trinajstić information content (AvgIpc) is 2.82. The molecule has 0 spiro atoms. The fourth-order valence-electron chi connectivity index (χ4n) is 3.31. The molecule has 2 heterocycles. The highest BCUT2D eigenvalue weighted by molar-refractivity contribution is 5.91. The summed E-state index contributed by atoms with van der Waals surface area (Å²) in [4.78, 5) is 27.4. The zero-order valence-corrected chi connectivity index (χ0v) is 13.5. The third-order valence-corrected chi connectivity index (χ3v) is 4.45. The Labute approximate surface area is 141 Å². The quantitative estimate of drug-likeness (QED) is 0.832. The molecular formula is C18H22N2O4. The van der Waals surface area contributed by atoms with Crippen LogP contribution in [0.5, 0.6) is 0 Å². The molecule has 6 heteroatoms. The van der Waals surface area contributed by atoms with Crippen molar-refractivity contribution >= 4 is 18.0 Å². The number of nitrogens with zero attached hydrogens (tertiary/aromatic N) is 2. The Bertz CT molecular complexity index is 617. The first-order valence-corrected chi connectivity index (χ1v) is 8.17. The predicted octanol–water partition coefficient (Wildman–Crippen LogP) is 0.944. The maximum absolute atomic E-state index is 12.5. The number of amides is 1. The van der Waals surface area contributed by atoms with Gasteiger partial charge in [0.15, 0.2) is 0 Å². The molecule has 128 valence electrons. The van der Waals surface area contributed by atoms with Crippen molar-refractivity contribution in [2.45, 2.75) is 6.04 Å². The fraction of sp³-hybridized carbons (Fsp3) is 0.444. The van der Waals surface area contributed by atoms with Gasteiger partial charge in [0.25, 0.3) is 0 Å². The molecule has 1 aromatic rings. The van der Waals surface area contributed by atoms with Crippen molar-refractivity contribution in [3.63, 3.8) is 0 Å². The van der Waals surface area contributed by atoms with Gasteiger partial charge in [0.2, 0.25) is 5.91 Å². The molecule has 0 saturated carbocycles. The minimum absolute atomic E-state index is 0.00753. The summed E-state index contributed by atoms with van der Waals surface area (Å²) in [5.74, 6) is -0.733. The van der Waals surface area contributed by atoms with Gasteiger partial charge in [-0.3, -0.25) is 14.5 Å². The minimum Gasteiger partial charge on any atom is -0.480 e. The number of hydrogen-bond donors (Lipinski definition) is 1. The zero-order valence-electron chi connectivity index (χ0n) is 13.5. The van der Waals surface area contributed by atoms with Crippen LogP contribution in [0.1, 0.15) is 5.56 Å². The first-order valence-electron chi connectivity index (χ1n) is 8.17. The lowest BCUT2D eigenvalue weighted by Gasteiger charge is -2.30. The minimum atomic E-state index is -0.843. The highest BCUT2D eigenvalue weighted by atomic mass is 16.5. The van der Waals surface area contributed by atoms with E-state index in [4.69, 9.17) is 9.84 Å². The van der Waals surface area contributed by atoms with E-state index in [-0.39, 0.29) is 24.4 Å². The fourth-order valence-corrected chi connectivity index (χ4v) is 3.31. The molecule has 0 aliphatic carbocycles. The number of ether oxygens (including phenoxy) is 1. The van der Waals surface area contributed by atoms with Crippen molar-refractivity contribution in [2.75, 3.05) is 39.4 Å². The summed E-state index contributed by atoms with van der Waals surface area (Å²) in [6, 6.07) is 9.63. The molecule has 2 aliphatic heterocycles. The van der Waals surface area contributed by atoms with Crippen molar-refractivity contribution < 1.29 is 19.4 Å². The summed E-state index contributed by atoms with van der Waals surface area (Å²) in [7, 11) is 0. The van der Waals surface area contributed by atoms with Crippen molar-refractivity contribution in [2.24, 2.45) is 5.92 Å². The molecule has 24 heavy (non-hydrogen) atoms. The lowest BCUT2D eigenvalue weighted by atomic mass is 10.1. The van der Waals surface area contributed by atoms with Crippen molar-refractivity contribution in [1.82, 2.24) is 9.80 Å². The Morgan fingerprint density at radius 3 is 2.71 bits per heavy atom. The Balaban J connectivity index is 1.69. The highest BCUT2D eigenvalue weighted by Crippen LogP contribution is 2.20. The molecule has 2 aliphatic rings. The van der Waals surface area contributed by atoms with Crippen LogP contribution < -0.4 is 0 Å². The molecule has 0 aromatic heterocycles. The maximum atomic E-state index is 12.5. The van der Waals surface area contributed by atoms with E-state index in [1.165, 1.54) is 0 Å². The predicted molar refractivity (Wildman–Crippen MR) is 89.4 cm³/mol. The van der Waals surface area contributed by atoms with Crippen molar-refractivity contribution in [3.05, 3.63) is 42.0 Å². The van der Waals surface area contributed by atoms with E-state index in [1.807, 2.05) is 46.2 Å². The summed E-state index contributed by atoms with van der Waals surface area (Å²) in [6.07, 6.45) is 3.41. The van der Waals surface area contributed by atoms with Gasteiger partial charge in [-0.1, -0.05) is 30.3 Å². The van der Waals surface area contributed by atoms with Crippen LogP contribution in [0.15, 0.2) is 36.4 Å². The Morgan fingerprint density at radius 1 is 1.17 bits per heavy atom. The van der Waals surface area contributed by atoms with Gasteiger partial charge < -0.3 is 14.7 Å². The first-order chi connectivity index (χ1) is 11.6. The first kappa shape index (κ1) is 16.7. The molecule has 3 rings (SSSR count). The number of carboxylic acid groups (broad SMARTS) is 1. The highest BCUT2D eigenvalue weighted by Gasteiger charge is 2.35. The topological polar surface area (TPSA) is 70.1 Å². The van der Waals surface area contributed by atoms with E-state index in [1.54, 1.807) is 6.08 Å². The molecular weight excluding hydrogens is 308 g/mol. The number of carbonyl (C=O) groups excluding carboxylic acids is 1. The Kier molecular flexibility index (Phi) is 5.27. The van der Waals surface area contributed by atoms with Crippen LogP contribution in [-0.2, 0) is 14.3 Å². The smallest absolute Gasteiger partial charge is 0.317 e. The molecule has 2 fully saturated rings. The molecule has 0 unspecified atom stereocenters. The van der Waals surface area contributed by atoms with Crippen LogP contribution in [0.25, 0.3) is 6.08 Å². The monoisotopic (exact) mass is 330 g/mol. The van der Waals surface area contributed by atoms with Gasteiger partial charge in [-0.15, -0.1) is 0 Å². The van der Waals surface area contributed by atoms with Crippen LogP contribution in [0, 0.1) is 5.92 Å². The molecule has 6 nitrogen and oxygen atoms in total. The number of aliphatic carboxylic acids is 1. The van der Waals surface area contributed by atoms with Crippen molar-refractivity contribution in [1.29, 1.82) is 0 Å². The summed E-state index contributed by atoms with van der Waals surface area (Å²) >= 11 is 0. The molecule has 1 amide bonds. The molecule has 2 atom stereocenters. The Hall–Kier alpha value is -2.18. The van der Waals surface area contributed by atoms with E-state index in [9.17, 15) is 9.59 Å². The third kappa shape index (κ3) is 4.21. The lowest BCUT2D eigenvalue weighted by Crippen LogP contribution is -2.46. The number of fused-ring (bicyclic) bond motifs is 3. The van der Waals surface area contributed by atoms with Gasteiger partial charge in [0.05, 0.1) is 25.8 Å². The Morgan fingerprint density at radius 2 is 1.96 bits per heavy atom. The molecule has 2 saturated heterocycles. The van der Waals surface area contributed by atoms with E-state index in [0.717, 1.165) is 5.56 Å². The van der Waals surface area contributed by atoms with Crippen LogP contribution in [0.4, 0.5) is 0 Å². The maximum Gasteiger partial charge on any atom is 0.317 e. The van der Waals surface area contributed by atoms with Crippen LogP contribution in [0.2, 0.25) is 0 Å². The molecule has 1 N–H and O–H groups in total. The van der Waals surface area contributed by atoms with E-state index in [2.05, 4.69) is 0 Å². The van der Waals surface area contributed by atoms with E-state index in [0.29, 0.717) is 32.8 Å². The van der Waals surface area contributed by atoms with E-state index < -0.39 is 5.97 Å². The van der Waals surface area contributed by atoms with Gasteiger partial charge in [-0.2, -0.15) is 0 Å². The average molecular weight is 330 g/mol. The van der Waals surface area contributed by atoms with Crippen LogP contribution in [0.3, 0.4) is 0 Å². The number of hydrogen-bond acceptors (Lipinski definition) is 4. The standard InChI is InChI=1S/C18H22N2O4/c21-17(7-6-14-4-2-1-3-5-14)20-9-15-8-19(11-18(22)23)16(10-20)13-24-12-15/h1-7,15-16H,8-13H2,(H,22,23)/b7-6+/t15-,16+/m1/s1. The van der Waals surface area contributed by atoms with E-state index >= 15 is 0 Å². The largest absolute Gasteiger partial charge is 0.480 e. The number of benzene rings is 1. The molecule has 0 radical (unpaired) electrons. The second kappa shape index (κ2) is 7.59. The molecule has 1 aromatic carbocycles. The number of carboxylic acids is 1. The SMILES string of the molecule is O=C(O)CN1C[C@H]2COC[C@@H]1CN(C(=O)/C=C/c1ccccc1)C2. The third-order valence-electron chi connectivity index (χ3n) is 4.45. The number of carbonyl (C=O) groups is 2. The summed E-state index contributed by atoms with van der Waals surface area (Å²) in [5, 5.41) is 9.09. The number of rotatable bonds is 4. The van der Waals surface area contributed by atoms with Crippen LogP contribution >= 0.6 is 0 Å². The summed E-state index contributed by atoms with van der Waals surface area (Å²) in [5.41, 5.74) is 0.983. The second-order valence-corrected chi connectivity index (χ2v) is 6.37. The summed E-state index contributed by atoms with van der Waals surface area (Å²) < 4.78 is 5.64. The van der Waals surface area contributed by atoms with Crippen molar-refractivity contribution in [3.8, 4) is 0 Å². The summed E-state index contributed by atoms with van der Waals surface area (Å²) in [6.45, 7) is 2.79. The molecule has 2 bridgehead atoms. The normalized spacial score (nSPS) is 24.8. The van der Waals surface area contributed by atoms with Crippen LogP contribution in [-0.4, -0.2) is 72.2 Å². The van der Waals surface area contributed by atoms with Gasteiger partial charge >= 0.3 is 5.97 Å². The van der Waals surface area contributed by atoms with Gasteiger partial charge in [-0.05, 0) is 11.6 Å². The lowest BCUT2D eigenvalue weighted by molar-refractivity contribution is -0.139. The second-order valence-electron chi connectivity index (χ2n) is 6.37. The zero-order chi connectivity index (χ0) is 16.9.